The van der Waals surface area contributed by atoms with Gasteiger partial charge in [-0.05, 0) is 53.7 Å². The van der Waals surface area contributed by atoms with Crippen LogP contribution in [-0.2, 0) is 24.2 Å². The summed E-state index contributed by atoms with van der Waals surface area (Å²) in [5.41, 5.74) is 1.70. The van der Waals surface area contributed by atoms with Gasteiger partial charge in [-0.15, -0.1) is 0 Å². The number of nitrogens with one attached hydrogen (secondary N) is 1. The van der Waals surface area contributed by atoms with Crippen molar-refractivity contribution in [3.05, 3.63) is 50.0 Å². The van der Waals surface area contributed by atoms with Gasteiger partial charge in [0, 0.05) is 55.6 Å². The van der Waals surface area contributed by atoms with Crippen LogP contribution in [0.15, 0.2) is 16.6 Å². The highest BCUT2D eigenvalue weighted by Crippen LogP contribution is 2.36. The summed E-state index contributed by atoms with van der Waals surface area (Å²) in [6, 6.07) is 2.64. The molecule has 1 saturated heterocycles. The molecule has 5 nitrogen and oxygen atoms in total. The van der Waals surface area contributed by atoms with Gasteiger partial charge in [0.1, 0.15) is 11.6 Å². The minimum Gasteiger partial charge on any atom is -0.340 e. The molecular weight excluding hydrogens is 450 g/mol. The fraction of sp³-hybridized carbons (Fsp3) is 0.474. The highest BCUT2D eigenvalue weighted by Gasteiger charge is 2.32. The predicted octanol–water partition coefficient (Wildman–Crippen LogP) is 3.24. The van der Waals surface area contributed by atoms with Crippen molar-refractivity contribution < 1.29 is 13.6 Å². The number of fused-ring (bicyclic) bond motifs is 1. The number of benzene rings is 1. The molecule has 150 valence electrons. The highest BCUT2D eigenvalue weighted by molar-refractivity contribution is 9.10. The van der Waals surface area contributed by atoms with Crippen molar-refractivity contribution in [1.82, 2.24) is 19.4 Å². The Morgan fingerprint density at radius 3 is 2.71 bits per heavy atom. The lowest BCUT2D eigenvalue weighted by Crippen LogP contribution is -2.47. The lowest BCUT2D eigenvalue weighted by molar-refractivity contribution is -0.132. The van der Waals surface area contributed by atoms with Crippen LogP contribution in [0.3, 0.4) is 0 Å². The molecule has 1 atom stereocenters. The smallest absolute Gasteiger partial charge is 0.228 e. The maximum atomic E-state index is 14.5. The Bertz CT molecular complexity index is 981. The number of aromatic amines is 1. The largest absolute Gasteiger partial charge is 0.340 e. The molecule has 2 aliphatic heterocycles. The van der Waals surface area contributed by atoms with Crippen LogP contribution < -0.4 is 0 Å². The number of amides is 1. The van der Waals surface area contributed by atoms with Gasteiger partial charge in [0.15, 0.2) is 4.77 Å². The van der Waals surface area contributed by atoms with Crippen LogP contribution in [0.5, 0.6) is 0 Å². The number of carbonyl (C=O) groups is 1. The third-order valence-corrected chi connectivity index (χ3v) is 6.63. The van der Waals surface area contributed by atoms with E-state index in [1.807, 2.05) is 16.5 Å². The SMILES string of the molecule is CN1CCN(C(=O)Cc2[nH]c(=S)n3c2CC(c2c(F)ccc(Br)c2F)C3)CC1. The van der Waals surface area contributed by atoms with E-state index in [1.165, 1.54) is 12.1 Å². The van der Waals surface area contributed by atoms with Gasteiger partial charge in [0.2, 0.25) is 5.91 Å². The maximum absolute atomic E-state index is 14.5. The van der Waals surface area contributed by atoms with Crippen molar-refractivity contribution in [2.24, 2.45) is 0 Å². The number of rotatable bonds is 3. The molecule has 9 heteroatoms. The minimum absolute atomic E-state index is 0.0519. The minimum atomic E-state index is -0.569. The maximum Gasteiger partial charge on any atom is 0.228 e. The second kappa shape index (κ2) is 7.68. The van der Waals surface area contributed by atoms with E-state index >= 15 is 0 Å². The van der Waals surface area contributed by atoms with Gasteiger partial charge in [0.25, 0.3) is 0 Å². The number of imidazole rings is 1. The lowest BCUT2D eigenvalue weighted by atomic mass is 9.95. The van der Waals surface area contributed by atoms with Crippen LogP contribution in [-0.4, -0.2) is 58.5 Å². The molecule has 1 amide bonds. The van der Waals surface area contributed by atoms with Crippen LogP contribution in [0.1, 0.15) is 22.9 Å². The zero-order chi connectivity index (χ0) is 20.0. The summed E-state index contributed by atoms with van der Waals surface area (Å²) in [7, 11) is 2.04. The summed E-state index contributed by atoms with van der Waals surface area (Å²) in [6.07, 6.45) is 0.675. The Hall–Kier alpha value is -1.58. The molecule has 1 fully saturated rings. The first-order chi connectivity index (χ1) is 13.3. The van der Waals surface area contributed by atoms with Crippen molar-refractivity contribution in [2.75, 3.05) is 33.2 Å². The summed E-state index contributed by atoms with van der Waals surface area (Å²) in [6.45, 7) is 3.54. The van der Waals surface area contributed by atoms with Crippen molar-refractivity contribution in [3.8, 4) is 0 Å². The monoisotopic (exact) mass is 470 g/mol. The van der Waals surface area contributed by atoms with Gasteiger partial charge in [-0.3, -0.25) is 4.79 Å². The Labute approximate surface area is 175 Å². The summed E-state index contributed by atoms with van der Waals surface area (Å²) in [5, 5.41) is 0. The van der Waals surface area contributed by atoms with Crippen molar-refractivity contribution >= 4 is 34.1 Å². The van der Waals surface area contributed by atoms with E-state index in [-0.39, 0.29) is 28.3 Å². The number of H-pyrrole nitrogens is 1. The third kappa shape index (κ3) is 3.55. The Kier molecular flexibility index (Phi) is 5.41. The molecule has 1 unspecified atom stereocenters. The molecule has 0 saturated carbocycles. The molecule has 0 bridgehead atoms. The van der Waals surface area contributed by atoms with Gasteiger partial charge >= 0.3 is 0 Å². The van der Waals surface area contributed by atoms with Crippen molar-refractivity contribution in [3.63, 3.8) is 0 Å². The number of hydrogen-bond donors (Lipinski definition) is 1. The number of nitrogens with zero attached hydrogens (tertiary/aromatic N) is 3. The van der Waals surface area contributed by atoms with E-state index in [1.54, 1.807) is 0 Å². The second-order valence-corrected chi connectivity index (χ2v) is 8.73. The molecule has 3 heterocycles. The quantitative estimate of drug-likeness (QED) is 0.553. The molecule has 1 aromatic carbocycles. The molecule has 0 spiro atoms. The van der Waals surface area contributed by atoms with Crippen LogP contribution in [0.2, 0.25) is 0 Å². The van der Waals surface area contributed by atoms with Crippen LogP contribution in [0, 0.1) is 16.4 Å². The fourth-order valence-electron chi connectivity index (χ4n) is 4.07. The van der Waals surface area contributed by atoms with Crippen molar-refractivity contribution in [2.45, 2.75) is 25.3 Å². The average molecular weight is 471 g/mol. The van der Waals surface area contributed by atoms with E-state index in [2.05, 4.69) is 25.8 Å². The number of piperazine rings is 1. The van der Waals surface area contributed by atoms with Crippen LogP contribution in [0.25, 0.3) is 0 Å². The summed E-state index contributed by atoms with van der Waals surface area (Å²) in [4.78, 5) is 19.9. The first-order valence-electron chi connectivity index (χ1n) is 9.25. The zero-order valence-corrected chi connectivity index (χ0v) is 17.9. The zero-order valence-electron chi connectivity index (χ0n) is 15.5. The number of aromatic nitrogens is 2. The molecule has 0 radical (unpaired) electrons. The van der Waals surface area contributed by atoms with Crippen molar-refractivity contribution in [1.29, 1.82) is 0 Å². The lowest BCUT2D eigenvalue weighted by Gasteiger charge is -2.32. The fourth-order valence-corrected chi connectivity index (χ4v) is 4.73. The Morgan fingerprint density at radius 1 is 1.29 bits per heavy atom. The highest BCUT2D eigenvalue weighted by atomic mass is 79.9. The van der Waals surface area contributed by atoms with E-state index in [9.17, 15) is 13.6 Å². The third-order valence-electron chi connectivity index (χ3n) is 5.69. The molecule has 4 rings (SSSR count). The summed E-state index contributed by atoms with van der Waals surface area (Å²) < 4.78 is 31.5. The summed E-state index contributed by atoms with van der Waals surface area (Å²) in [5.74, 6) is -1.42. The molecular formula is C19H21BrF2N4OS. The molecule has 28 heavy (non-hydrogen) atoms. The number of halogens is 3. The molecule has 1 N–H and O–H groups in total. The van der Waals surface area contributed by atoms with E-state index < -0.39 is 11.6 Å². The normalized spacial score (nSPS) is 19.9. The first-order valence-corrected chi connectivity index (χ1v) is 10.5. The first kappa shape index (κ1) is 19.7. The molecule has 0 aliphatic carbocycles. The molecule has 2 aromatic rings. The van der Waals surface area contributed by atoms with Gasteiger partial charge < -0.3 is 19.4 Å². The summed E-state index contributed by atoms with van der Waals surface area (Å²) >= 11 is 8.53. The van der Waals surface area contributed by atoms with Crippen LogP contribution in [0.4, 0.5) is 8.78 Å². The Balaban J connectivity index is 1.55. The number of hydrogen-bond acceptors (Lipinski definition) is 3. The number of carbonyl (C=O) groups excluding carboxylic acids is 1. The standard InChI is InChI=1S/C19H21BrF2N4OS/c1-24-4-6-25(7-5-24)16(27)9-14-15-8-11(10-26(15)19(28)23-14)17-13(21)3-2-12(20)18(17)22/h2-3,11H,4-10H2,1H3,(H,23,28). The Morgan fingerprint density at radius 2 is 2.00 bits per heavy atom. The van der Waals surface area contributed by atoms with Gasteiger partial charge in [-0.25, -0.2) is 8.78 Å². The number of likely N-dealkylation sites (N-methyl/N-ethyl adjacent to an activating group) is 1. The van der Waals surface area contributed by atoms with E-state index in [0.29, 0.717) is 30.8 Å². The van der Waals surface area contributed by atoms with E-state index in [0.717, 1.165) is 24.5 Å². The predicted molar refractivity (Wildman–Crippen MR) is 108 cm³/mol. The molecule has 1 aromatic heterocycles. The second-order valence-electron chi connectivity index (χ2n) is 7.48. The van der Waals surface area contributed by atoms with Gasteiger partial charge in [-0.1, -0.05) is 0 Å². The van der Waals surface area contributed by atoms with Crippen LogP contribution >= 0.6 is 28.1 Å². The van der Waals surface area contributed by atoms with Gasteiger partial charge in [0.05, 0.1) is 10.9 Å². The molecule has 2 aliphatic rings. The topological polar surface area (TPSA) is 44.3 Å². The van der Waals surface area contributed by atoms with E-state index in [4.69, 9.17) is 12.2 Å². The van der Waals surface area contributed by atoms with Gasteiger partial charge in [-0.2, -0.15) is 0 Å². The average Bonchev–Trinajstić information content (AvgIpc) is 3.20.